The van der Waals surface area contributed by atoms with Gasteiger partial charge in [-0.25, -0.2) is 0 Å². The topological polar surface area (TPSA) is 30.5 Å². The molecule has 0 fully saturated rings. The van der Waals surface area contributed by atoms with Gasteiger partial charge in [0.1, 0.15) is 6.61 Å². The molecule has 1 aliphatic heterocycles. The molecule has 0 unspecified atom stereocenters. The van der Waals surface area contributed by atoms with Crippen LogP contribution in [0.5, 0.6) is 5.75 Å². The molecule has 0 spiro atoms. The first kappa shape index (κ1) is 11.1. The zero-order valence-electron chi connectivity index (χ0n) is 10.3. The molecule has 3 heteroatoms. The van der Waals surface area contributed by atoms with Crippen molar-refractivity contribution in [3.8, 4) is 5.75 Å². The van der Waals surface area contributed by atoms with Crippen molar-refractivity contribution in [2.24, 2.45) is 0 Å². The molecule has 17 heavy (non-hydrogen) atoms. The standard InChI is InChI=1S/C14H19NO2/c1-2-15-8-10-4-3-5-13-12(10)7-6-11-9-16-17-14(11)13/h6-7,10,15H,2-5,8-9H2,1H3/t10-/m0/s1. The summed E-state index contributed by atoms with van der Waals surface area (Å²) in [5, 5.41) is 3.45. The highest BCUT2D eigenvalue weighted by Gasteiger charge is 2.27. The molecule has 1 atom stereocenters. The second-order valence-electron chi connectivity index (χ2n) is 4.86. The fraction of sp³-hybridized carbons (Fsp3) is 0.571. The van der Waals surface area contributed by atoms with Gasteiger partial charge in [0.05, 0.1) is 0 Å². The van der Waals surface area contributed by atoms with Crippen LogP contribution in [0.2, 0.25) is 0 Å². The predicted molar refractivity (Wildman–Crippen MR) is 66.1 cm³/mol. The molecule has 0 saturated carbocycles. The van der Waals surface area contributed by atoms with Crippen LogP contribution in [0.1, 0.15) is 42.4 Å². The molecule has 0 radical (unpaired) electrons. The molecule has 2 aliphatic rings. The summed E-state index contributed by atoms with van der Waals surface area (Å²) < 4.78 is 0. The van der Waals surface area contributed by atoms with Crippen LogP contribution in [-0.2, 0) is 17.9 Å². The number of hydrogen-bond donors (Lipinski definition) is 1. The fourth-order valence-electron chi connectivity index (χ4n) is 2.91. The first-order valence-corrected chi connectivity index (χ1v) is 6.55. The van der Waals surface area contributed by atoms with Gasteiger partial charge in [0.2, 0.25) is 0 Å². The van der Waals surface area contributed by atoms with Crippen molar-refractivity contribution in [2.45, 2.75) is 38.7 Å². The molecule has 0 saturated heterocycles. The Morgan fingerprint density at radius 1 is 1.41 bits per heavy atom. The molecule has 0 amide bonds. The normalized spacial score (nSPS) is 21.8. The van der Waals surface area contributed by atoms with Gasteiger partial charge in [0.15, 0.2) is 5.75 Å². The van der Waals surface area contributed by atoms with Crippen LogP contribution in [0, 0.1) is 0 Å². The van der Waals surface area contributed by atoms with Crippen molar-refractivity contribution < 1.29 is 9.78 Å². The first-order valence-electron chi connectivity index (χ1n) is 6.55. The summed E-state index contributed by atoms with van der Waals surface area (Å²) in [6, 6.07) is 4.43. The lowest BCUT2D eigenvalue weighted by Crippen LogP contribution is -2.24. The zero-order valence-corrected chi connectivity index (χ0v) is 10.3. The Balaban J connectivity index is 1.93. The van der Waals surface area contributed by atoms with Gasteiger partial charge in [-0.15, -0.1) is 0 Å². The number of nitrogens with one attached hydrogen (secondary N) is 1. The van der Waals surface area contributed by atoms with E-state index in [1.54, 1.807) is 0 Å². The van der Waals surface area contributed by atoms with Crippen molar-refractivity contribution in [3.05, 3.63) is 28.8 Å². The van der Waals surface area contributed by atoms with Crippen LogP contribution < -0.4 is 10.2 Å². The van der Waals surface area contributed by atoms with E-state index in [9.17, 15) is 0 Å². The maximum absolute atomic E-state index is 5.33. The summed E-state index contributed by atoms with van der Waals surface area (Å²) in [6.45, 7) is 4.86. The minimum Gasteiger partial charge on any atom is -0.337 e. The SMILES string of the molecule is CCNC[C@@H]1CCCc2c1ccc1c2OOC1. The lowest BCUT2D eigenvalue weighted by atomic mass is 9.81. The van der Waals surface area contributed by atoms with E-state index < -0.39 is 0 Å². The fourth-order valence-corrected chi connectivity index (χ4v) is 2.91. The summed E-state index contributed by atoms with van der Waals surface area (Å²) in [7, 11) is 0. The Bertz CT molecular complexity index is 417. The largest absolute Gasteiger partial charge is 0.337 e. The summed E-state index contributed by atoms with van der Waals surface area (Å²) in [6.07, 6.45) is 3.66. The van der Waals surface area contributed by atoms with Gasteiger partial charge in [0, 0.05) is 17.7 Å². The van der Waals surface area contributed by atoms with E-state index in [4.69, 9.17) is 9.78 Å². The maximum atomic E-state index is 5.33. The van der Waals surface area contributed by atoms with Crippen LogP contribution >= 0.6 is 0 Å². The lowest BCUT2D eigenvalue weighted by Gasteiger charge is -2.26. The molecular formula is C14H19NO2. The van der Waals surface area contributed by atoms with Crippen molar-refractivity contribution in [3.63, 3.8) is 0 Å². The van der Waals surface area contributed by atoms with E-state index >= 15 is 0 Å². The monoisotopic (exact) mass is 233 g/mol. The maximum Gasteiger partial charge on any atom is 0.174 e. The quantitative estimate of drug-likeness (QED) is 0.814. The average Bonchev–Trinajstić information content (AvgIpc) is 2.84. The van der Waals surface area contributed by atoms with E-state index in [-0.39, 0.29) is 0 Å². The summed E-state index contributed by atoms with van der Waals surface area (Å²) >= 11 is 0. The predicted octanol–water partition coefficient (Wildman–Crippen LogP) is 2.54. The van der Waals surface area contributed by atoms with E-state index in [2.05, 4.69) is 24.4 Å². The van der Waals surface area contributed by atoms with Gasteiger partial charge in [-0.1, -0.05) is 19.1 Å². The van der Waals surface area contributed by atoms with E-state index in [0.717, 1.165) is 25.3 Å². The highest BCUT2D eigenvalue weighted by atomic mass is 17.2. The van der Waals surface area contributed by atoms with Crippen molar-refractivity contribution in [1.82, 2.24) is 5.32 Å². The van der Waals surface area contributed by atoms with Crippen molar-refractivity contribution >= 4 is 0 Å². The molecule has 1 aromatic carbocycles. The van der Waals surface area contributed by atoms with Gasteiger partial charge in [0.25, 0.3) is 0 Å². The van der Waals surface area contributed by atoms with Crippen molar-refractivity contribution in [2.75, 3.05) is 13.1 Å². The van der Waals surface area contributed by atoms with Gasteiger partial charge in [-0.05, 0) is 37.3 Å². The summed E-state index contributed by atoms with van der Waals surface area (Å²) in [5.41, 5.74) is 4.04. The van der Waals surface area contributed by atoms with Gasteiger partial charge in [-0.3, -0.25) is 0 Å². The highest BCUT2D eigenvalue weighted by Crippen LogP contribution is 2.40. The Morgan fingerprint density at radius 3 is 3.24 bits per heavy atom. The third-order valence-corrected chi connectivity index (χ3v) is 3.79. The lowest BCUT2D eigenvalue weighted by molar-refractivity contribution is -0.195. The minimum atomic E-state index is 0.598. The second kappa shape index (κ2) is 4.67. The van der Waals surface area contributed by atoms with Gasteiger partial charge in [-0.2, -0.15) is 4.89 Å². The molecule has 92 valence electrons. The summed E-state index contributed by atoms with van der Waals surface area (Å²) in [4.78, 5) is 10.4. The third-order valence-electron chi connectivity index (χ3n) is 3.79. The third kappa shape index (κ3) is 1.94. The zero-order chi connectivity index (χ0) is 11.7. The van der Waals surface area contributed by atoms with Crippen LogP contribution in [0.4, 0.5) is 0 Å². The van der Waals surface area contributed by atoms with Gasteiger partial charge < -0.3 is 10.2 Å². The molecule has 3 rings (SSSR count). The van der Waals surface area contributed by atoms with Crippen molar-refractivity contribution in [1.29, 1.82) is 0 Å². The molecule has 1 N–H and O–H groups in total. The number of hydrogen-bond acceptors (Lipinski definition) is 3. The highest BCUT2D eigenvalue weighted by molar-refractivity contribution is 5.49. The number of likely N-dealkylation sites (N-methyl/N-ethyl adjacent to an activating group) is 1. The first-order chi connectivity index (χ1) is 8.40. The van der Waals surface area contributed by atoms with Crippen LogP contribution in [-0.4, -0.2) is 13.1 Å². The number of rotatable bonds is 3. The Hall–Kier alpha value is -1.06. The molecule has 1 heterocycles. The van der Waals surface area contributed by atoms with E-state index in [0.29, 0.717) is 12.5 Å². The molecule has 3 nitrogen and oxygen atoms in total. The van der Waals surface area contributed by atoms with Crippen LogP contribution in [0.15, 0.2) is 12.1 Å². The number of benzene rings is 1. The Morgan fingerprint density at radius 2 is 2.35 bits per heavy atom. The van der Waals surface area contributed by atoms with Gasteiger partial charge >= 0.3 is 0 Å². The average molecular weight is 233 g/mol. The molecular weight excluding hydrogens is 214 g/mol. The van der Waals surface area contributed by atoms with Crippen LogP contribution in [0.3, 0.4) is 0 Å². The molecule has 1 aliphatic carbocycles. The second-order valence-corrected chi connectivity index (χ2v) is 4.86. The minimum absolute atomic E-state index is 0.598. The molecule has 0 bridgehead atoms. The Kier molecular flexibility index (Phi) is 3.04. The van der Waals surface area contributed by atoms with E-state index in [1.807, 2.05) is 0 Å². The smallest absolute Gasteiger partial charge is 0.174 e. The number of fused-ring (bicyclic) bond motifs is 3. The Labute approximate surface area is 102 Å². The van der Waals surface area contributed by atoms with Crippen LogP contribution in [0.25, 0.3) is 0 Å². The molecule has 0 aromatic heterocycles. The van der Waals surface area contributed by atoms with E-state index in [1.165, 1.54) is 29.5 Å². The summed E-state index contributed by atoms with van der Waals surface area (Å²) in [5.74, 6) is 1.64. The molecule has 1 aromatic rings.